The molecule has 24 heavy (non-hydrogen) atoms. The number of hydrogen-bond acceptors (Lipinski definition) is 3. The third-order valence-electron chi connectivity index (χ3n) is 4.59. The topological polar surface area (TPSA) is 49.4 Å². The van der Waals surface area contributed by atoms with Crippen molar-refractivity contribution in [1.82, 2.24) is 4.90 Å². The fourth-order valence-corrected chi connectivity index (χ4v) is 3.81. The van der Waals surface area contributed by atoms with Gasteiger partial charge in [-0.1, -0.05) is 37.5 Å². The first kappa shape index (κ1) is 16.7. The average Bonchev–Trinajstić information content (AvgIpc) is 3.16. The van der Waals surface area contributed by atoms with Crippen LogP contribution in [0, 0.1) is 0 Å². The molecule has 1 aliphatic rings. The molecule has 0 spiro atoms. The molecule has 1 N–H and O–H groups in total. The summed E-state index contributed by atoms with van der Waals surface area (Å²) < 4.78 is 0. The van der Waals surface area contributed by atoms with E-state index in [0.29, 0.717) is 22.2 Å². The Hall–Kier alpha value is -2.14. The number of para-hydroxylation sites is 1. The highest BCUT2D eigenvalue weighted by molar-refractivity contribution is 7.12. The number of thiophene rings is 1. The fourth-order valence-electron chi connectivity index (χ4n) is 3.19. The largest absolute Gasteiger partial charge is 0.339 e. The fraction of sp³-hybridized carbons (Fsp3) is 0.368. The van der Waals surface area contributed by atoms with Gasteiger partial charge in [-0.15, -0.1) is 11.3 Å². The van der Waals surface area contributed by atoms with Crippen LogP contribution in [-0.4, -0.2) is 29.8 Å². The molecule has 0 bridgehead atoms. The molecule has 0 aliphatic heterocycles. The van der Waals surface area contributed by atoms with Crippen LogP contribution in [-0.2, 0) is 0 Å². The molecule has 3 rings (SSSR count). The van der Waals surface area contributed by atoms with Gasteiger partial charge < -0.3 is 10.2 Å². The van der Waals surface area contributed by atoms with Crippen molar-refractivity contribution >= 4 is 28.8 Å². The number of hydrogen-bond donors (Lipinski definition) is 1. The van der Waals surface area contributed by atoms with Crippen LogP contribution >= 0.6 is 11.3 Å². The third-order valence-corrected chi connectivity index (χ3v) is 5.46. The van der Waals surface area contributed by atoms with E-state index in [1.165, 1.54) is 30.6 Å². The van der Waals surface area contributed by atoms with Crippen molar-refractivity contribution in [1.29, 1.82) is 0 Å². The highest BCUT2D eigenvalue weighted by Gasteiger charge is 2.24. The van der Waals surface area contributed by atoms with E-state index in [9.17, 15) is 9.59 Å². The molecule has 0 atom stereocenters. The zero-order valence-corrected chi connectivity index (χ0v) is 14.6. The molecule has 0 radical (unpaired) electrons. The number of benzene rings is 1. The van der Waals surface area contributed by atoms with E-state index < -0.39 is 0 Å². The van der Waals surface area contributed by atoms with Gasteiger partial charge in [0, 0.05) is 13.1 Å². The second-order valence-electron chi connectivity index (χ2n) is 6.18. The lowest BCUT2D eigenvalue weighted by molar-refractivity contribution is 0.0697. The zero-order valence-electron chi connectivity index (χ0n) is 13.8. The van der Waals surface area contributed by atoms with E-state index in [4.69, 9.17) is 0 Å². The van der Waals surface area contributed by atoms with Crippen LogP contribution in [0.2, 0.25) is 0 Å². The first-order valence-corrected chi connectivity index (χ1v) is 9.26. The summed E-state index contributed by atoms with van der Waals surface area (Å²) in [5.41, 5.74) is 1.12. The van der Waals surface area contributed by atoms with Crippen molar-refractivity contribution < 1.29 is 9.59 Å². The number of rotatable bonds is 4. The van der Waals surface area contributed by atoms with Gasteiger partial charge in [0.2, 0.25) is 0 Å². The lowest BCUT2D eigenvalue weighted by Crippen LogP contribution is -2.38. The molecule has 2 aromatic rings. The van der Waals surface area contributed by atoms with Gasteiger partial charge in [-0.05, 0) is 36.4 Å². The third kappa shape index (κ3) is 3.67. The number of anilines is 1. The number of amides is 2. The molecule has 1 aliphatic carbocycles. The van der Waals surface area contributed by atoms with Crippen molar-refractivity contribution in [3.8, 4) is 0 Å². The molecule has 0 saturated heterocycles. The summed E-state index contributed by atoms with van der Waals surface area (Å²) in [6.07, 6.45) is 5.74. The van der Waals surface area contributed by atoms with Crippen molar-refractivity contribution in [2.24, 2.45) is 0 Å². The summed E-state index contributed by atoms with van der Waals surface area (Å²) in [7, 11) is 1.87. The van der Waals surface area contributed by atoms with Gasteiger partial charge >= 0.3 is 0 Å². The standard InChI is InChI=1S/C19H22N2O2S/c1-21(14-8-3-2-4-9-14)19(23)15-10-5-6-11-16(15)20-18(22)17-12-7-13-24-17/h5-7,10-14H,2-4,8-9H2,1H3,(H,20,22). The maximum absolute atomic E-state index is 12.9. The van der Waals surface area contributed by atoms with Gasteiger partial charge in [0.25, 0.3) is 11.8 Å². The second kappa shape index (κ2) is 7.62. The molecule has 1 aromatic carbocycles. The van der Waals surface area contributed by atoms with Crippen LogP contribution in [0.25, 0.3) is 0 Å². The summed E-state index contributed by atoms with van der Waals surface area (Å²) in [6.45, 7) is 0. The van der Waals surface area contributed by atoms with E-state index in [2.05, 4.69) is 5.32 Å². The number of nitrogens with one attached hydrogen (secondary N) is 1. The summed E-state index contributed by atoms with van der Waals surface area (Å²) in [5, 5.41) is 4.74. The molecule has 2 amide bonds. The normalized spacial score (nSPS) is 15.0. The van der Waals surface area contributed by atoms with E-state index in [0.717, 1.165) is 12.8 Å². The summed E-state index contributed by atoms with van der Waals surface area (Å²) in [5.74, 6) is -0.199. The minimum Gasteiger partial charge on any atom is -0.339 e. The minimum atomic E-state index is -0.175. The smallest absolute Gasteiger partial charge is 0.265 e. The van der Waals surface area contributed by atoms with Crippen molar-refractivity contribution in [3.05, 3.63) is 52.2 Å². The van der Waals surface area contributed by atoms with Gasteiger partial charge in [-0.25, -0.2) is 0 Å². The number of carbonyl (C=O) groups is 2. The monoisotopic (exact) mass is 342 g/mol. The Morgan fingerprint density at radius 1 is 1.08 bits per heavy atom. The number of nitrogens with zero attached hydrogens (tertiary/aromatic N) is 1. The predicted octanol–water partition coefficient (Wildman–Crippen LogP) is 4.41. The second-order valence-corrected chi connectivity index (χ2v) is 7.13. The average molecular weight is 342 g/mol. The van der Waals surface area contributed by atoms with E-state index in [1.54, 1.807) is 18.2 Å². The maximum atomic E-state index is 12.9. The minimum absolute atomic E-state index is 0.0241. The molecule has 1 heterocycles. The molecule has 1 saturated carbocycles. The van der Waals surface area contributed by atoms with E-state index in [-0.39, 0.29) is 11.8 Å². The van der Waals surface area contributed by atoms with Crippen LogP contribution in [0.3, 0.4) is 0 Å². The molecular formula is C19H22N2O2S. The van der Waals surface area contributed by atoms with Gasteiger partial charge in [0.05, 0.1) is 16.1 Å². The quantitative estimate of drug-likeness (QED) is 0.895. The van der Waals surface area contributed by atoms with Crippen LogP contribution < -0.4 is 5.32 Å². The highest BCUT2D eigenvalue weighted by Crippen LogP contribution is 2.25. The Morgan fingerprint density at radius 2 is 1.83 bits per heavy atom. The Bertz CT molecular complexity index is 706. The van der Waals surface area contributed by atoms with Crippen molar-refractivity contribution in [3.63, 3.8) is 0 Å². The zero-order chi connectivity index (χ0) is 16.9. The summed E-state index contributed by atoms with van der Waals surface area (Å²) >= 11 is 1.39. The van der Waals surface area contributed by atoms with Crippen LogP contribution in [0.5, 0.6) is 0 Å². The predicted molar refractivity (Wildman–Crippen MR) is 97.7 cm³/mol. The Labute approximate surface area is 146 Å². The molecule has 1 aromatic heterocycles. The summed E-state index contributed by atoms with van der Waals surface area (Å²) in [4.78, 5) is 27.7. The van der Waals surface area contributed by atoms with Crippen molar-refractivity contribution in [2.45, 2.75) is 38.1 Å². The van der Waals surface area contributed by atoms with Gasteiger partial charge in [0.1, 0.15) is 0 Å². The molecule has 5 heteroatoms. The van der Waals surface area contributed by atoms with Crippen LogP contribution in [0.1, 0.15) is 52.1 Å². The van der Waals surface area contributed by atoms with Gasteiger partial charge in [0.15, 0.2) is 0 Å². The highest BCUT2D eigenvalue weighted by atomic mass is 32.1. The molecule has 4 nitrogen and oxygen atoms in total. The molecule has 0 unspecified atom stereocenters. The SMILES string of the molecule is CN(C(=O)c1ccccc1NC(=O)c1cccs1)C1CCCCC1. The number of carbonyl (C=O) groups excluding carboxylic acids is 2. The first-order chi connectivity index (χ1) is 11.7. The van der Waals surface area contributed by atoms with Crippen molar-refractivity contribution in [2.75, 3.05) is 12.4 Å². The molecular weight excluding hydrogens is 320 g/mol. The Kier molecular flexibility index (Phi) is 5.30. The van der Waals surface area contributed by atoms with E-state index >= 15 is 0 Å². The lowest BCUT2D eigenvalue weighted by atomic mass is 9.94. The lowest BCUT2D eigenvalue weighted by Gasteiger charge is -2.31. The molecule has 126 valence electrons. The molecule has 1 fully saturated rings. The van der Waals surface area contributed by atoms with E-state index in [1.807, 2.05) is 35.5 Å². The Morgan fingerprint density at radius 3 is 2.54 bits per heavy atom. The maximum Gasteiger partial charge on any atom is 0.265 e. The van der Waals surface area contributed by atoms with Crippen LogP contribution in [0.15, 0.2) is 41.8 Å². The summed E-state index contributed by atoms with van der Waals surface area (Å²) in [6, 6.07) is 11.2. The van der Waals surface area contributed by atoms with Gasteiger partial charge in [-0.2, -0.15) is 0 Å². The van der Waals surface area contributed by atoms with Gasteiger partial charge in [-0.3, -0.25) is 9.59 Å². The van der Waals surface area contributed by atoms with Crippen LogP contribution in [0.4, 0.5) is 5.69 Å². The first-order valence-electron chi connectivity index (χ1n) is 8.38. The Balaban J connectivity index is 1.78.